The van der Waals surface area contributed by atoms with Crippen molar-refractivity contribution in [1.29, 1.82) is 0 Å². The molecule has 2 aromatic heterocycles. The lowest BCUT2D eigenvalue weighted by atomic mass is 9.89. The number of likely N-dealkylation sites (tertiary alicyclic amines) is 1. The van der Waals surface area contributed by atoms with Crippen LogP contribution in [0, 0.1) is 5.82 Å². The Morgan fingerprint density at radius 3 is 2.69 bits per heavy atom. The average Bonchev–Trinajstić information content (AvgIpc) is 3.07. The summed E-state index contributed by atoms with van der Waals surface area (Å²) in [5.41, 5.74) is 1.25. The summed E-state index contributed by atoms with van der Waals surface area (Å²) in [6.45, 7) is 1.35. The molecule has 4 rings (SSSR count). The molecule has 0 bridgehead atoms. The van der Waals surface area contributed by atoms with Crippen LogP contribution in [0.4, 0.5) is 4.39 Å². The van der Waals surface area contributed by atoms with Gasteiger partial charge in [-0.2, -0.15) is 5.10 Å². The van der Waals surface area contributed by atoms with Gasteiger partial charge < -0.3 is 9.88 Å². The monoisotopic (exact) mass is 355 g/mol. The third-order valence-corrected chi connectivity index (χ3v) is 4.91. The fourth-order valence-corrected chi connectivity index (χ4v) is 3.45. The molecule has 1 amide bonds. The summed E-state index contributed by atoms with van der Waals surface area (Å²) in [6.07, 6.45) is 4.42. The van der Waals surface area contributed by atoms with Gasteiger partial charge in [-0.15, -0.1) is 0 Å². The molecule has 0 spiro atoms. The van der Waals surface area contributed by atoms with Crippen LogP contribution in [0.5, 0.6) is 0 Å². The summed E-state index contributed by atoms with van der Waals surface area (Å²) in [4.78, 5) is 32.7. The second kappa shape index (κ2) is 6.70. The maximum absolute atomic E-state index is 13.1. The number of piperidine rings is 1. The minimum atomic E-state index is -0.270. The topological polar surface area (TPSA) is 83.9 Å². The Morgan fingerprint density at radius 1 is 1.23 bits per heavy atom. The number of hydrogen-bond donors (Lipinski definition) is 1. The number of halogens is 1. The van der Waals surface area contributed by atoms with E-state index in [0.717, 1.165) is 18.4 Å². The van der Waals surface area contributed by atoms with Gasteiger partial charge in [0.2, 0.25) is 5.91 Å². The van der Waals surface area contributed by atoms with Gasteiger partial charge in [-0.3, -0.25) is 9.59 Å². The van der Waals surface area contributed by atoms with Crippen LogP contribution in [0.2, 0.25) is 0 Å². The van der Waals surface area contributed by atoms with E-state index in [0.29, 0.717) is 30.0 Å². The second-order valence-electron chi connectivity index (χ2n) is 6.48. The number of aromatic nitrogens is 4. The van der Waals surface area contributed by atoms with E-state index in [1.807, 2.05) is 12.1 Å². The van der Waals surface area contributed by atoms with Crippen LogP contribution in [0.15, 0.2) is 41.6 Å². The summed E-state index contributed by atoms with van der Waals surface area (Å²) in [5, 5.41) is 4.48. The molecule has 1 saturated heterocycles. The Bertz CT molecular complexity index is 987. The standard InChI is InChI=1S/C18H18FN5O2/c19-14-3-1-12(2-4-14)13-5-7-23(8-6-13)16(25)10-24-17-15(9-22-24)18(26)21-11-20-17/h1-4,9,11,13H,5-8,10H2,(H,20,21,26). The Balaban J connectivity index is 1.41. The number of hydrogen-bond acceptors (Lipinski definition) is 4. The number of amides is 1. The molecule has 7 nitrogen and oxygen atoms in total. The van der Waals surface area contributed by atoms with Gasteiger partial charge in [0.05, 0.1) is 12.5 Å². The van der Waals surface area contributed by atoms with Gasteiger partial charge in [-0.1, -0.05) is 12.1 Å². The van der Waals surface area contributed by atoms with Gasteiger partial charge in [0.15, 0.2) is 5.65 Å². The predicted molar refractivity (Wildman–Crippen MR) is 93.1 cm³/mol. The highest BCUT2D eigenvalue weighted by Gasteiger charge is 2.24. The average molecular weight is 355 g/mol. The molecule has 3 aromatic rings. The first kappa shape index (κ1) is 16.4. The van der Waals surface area contributed by atoms with Gasteiger partial charge in [0.1, 0.15) is 17.7 Å². The molecule has 3 heterocycles. The summed E-state index contributed by atoms with van der Waals surface area (Å²) >= 11 is 0. The fourth-order valence-electron chi connectivity index (χ4n) is 3.45. The minimum absolute atomic E-state index is 0.0466. The van der Waals surface area contributed by atoms with Crippen LogP contribution in [0.3, 0.4) is 0 Å². The molecule has 0 saturated carbocycles. The number of aromatic amines is 1. The zero-order valence-electron chi connectivity index (χ0n) is 14.1. The van der Waals surface area contributed by atoms with Crippen molar-refractivity contribution in [2.24, 2.45) is 0 Å². The molecule has 1 N–H and O–H groups in total. The van der Waals surface area contributed by atoms with Crippen molar-refractivity contribution in [3.8, 4) is 0 Å². The highest BCUT2D eigenvalue weighted by atomic mass is 19.1. The molecule has 1 aliphatic heterocycles. The van der Waals surface area contributed by atoms with Crippen molar-refractivity contribution in [2.75, 3.05) is 13.1 Å². The number of carbonyl (C=O) groups is 1. The van der Waals surface area contributed by atoms with Crippen molar-refractivity contribution in [2.45, 2.75) is 25.3 Å². The van der Waals surface area contributed by atoms with E-state index in [1.54, 1.807) is 4.90 Å². The van der Waals surface area contributed by atoms with Crippen molar-refractivity contribution in [3.63, 3.8) is 0 Å². The van der Waals surface area contributed by atoms with Crippen molar-refractivity contribution < 1.29 is 9.18 Å². The fraction of sp³-hybridized carbons (Fsp3) is 0.333. The predicted octanol–water partition coefficient (Wildman–Crippen LogP) is 1.66. The highest BCUT2D eigenvalue weighted by molar-refractivity contribution is 5.79. The summed E-state index contributed by atoms with van der Waals surface area (Å²) in [6, 6.07) is 6.59. The zero-order chi connectivity index (χ0) is 18.1. The normalized spacial score (nSPS) is 15.5. The lowest BCUT2D eigenvalue weighted by molar-refractivity contribution is -0.133. The quantitative estimate of drug-likeness (QED) is 0.775. The molecular formula is C18H18FN5O2. The summed E-state index contributed by atoms with van der Waals surface area (Å²) < 4.78 is 14.5. The molecule has 1 fully saturated rings. The lowest BCUT2D eigenvalue weighted by Crippen LogP contribution is -2.39. The van der Waals surface area contributed by atoms with Crippen LogP contribution in [-0.2, 0) is 11.3 Å². The molecule has 1 aliphatic rings. The van der Waals surface area contributed by atoms with E-state index in [1.165, 1.54) is 29.3 Å². The van der Waals surface area contributed by atoms with Crippen LogP contribution < -0.4 is 5.56 Å². The van der Waals surface area contributed by atoms with Gasteiger partial charge in [0, 0.05) is 13.1 Å². The molecular weight excluding hydrogens is 337 g/mol. The third-order valence-electron chi connectivity index (χ3n) is 4.91. The molecule has 0 atom stereocenters. The Labute approximate surface area is 148 Å². The summed E-state index contributed by atoms with van der Waals surface area (Å²) in [7, 11) is 0. The first-order chi connectivity index (χ1) is 12.6. The number of benzene rings is 1. The van der Waals surface area contributed by atoms with Gasteiger partial charge in [-0.05, 0) is 36.5 Å². The van der Waals surface area contributed by atoms with E-state index in [2.05, 4.69) is 15.1 Å². The Kier molecular flexibility index (Phi) is 4.24. The van der Waals surface area contributed by atoms with E-state index >= 15 is 0 Å². The SMILES string of the molecule is O=C(Cn1ncc2c(=O)[nH]cnc21)N1CCC(c2ccc(F)cc2)CC1. The van der Waals surface area contributed by atoms with E-state index in [4.69, 9.17) is 0 Å². The zero-order valence-corrected chi connectivity index (χ0v) is 14.1. The molecule has 1 aromatic carbocycles. The molecule has 8 heteroatoms. The van der Waals surface area contributed by atoms with Crippen LogP contribution in [0.25, 0.3) is 11.0 Å². The van der Waals surface area contributed by atoms with Crippen LogP contribution in [-0.4, -0.2) is 43.6 Å². The number of carbonyl (C=O) groups excluding carboxylic acids is 1. The number of fused-ring (bicyclic) bond motifs is 1. The second-order valence-corrected chi connectivity index (χ2v) is 6.48. The third kappa shape index (κ3) is 3.10. The number of rotatable bonds is 3. The maximum atomic E-state index is 13.1. The molecule has 0 aliphatic carbocycles. The Morgan fingerprint density at radius 2 is 1.96 bits per heavy atom. The van der Waals surface area contributed by atoms with Crippen molar-refractivity contribution in [1.82, 2.24) is 24.6 Å². The minimum Gasteiger partial charge on any atom is -0.341 e. The van der Waals surface area contributed by atoms with Crippen molar-refractivity contribution in [3.05, 3.63) is 58.5 Å². The molecule has 134 valence electrons. The summed E-state index contributed by atoms with van der Waals surface area (Å²) in [5.74, 6) is 0.0558. The smallest absolute Gasteiger partial charge is 0.261 e. The van der Waals surface area contributed by atoms with Crippen LogP contribution in [0.1, 0.15) is 24.3 Å². The van der Waals surface area contributed by atoms with E-state index in [9.17, 15) is 14.0 Å². The van der Waals surface area contributed by atoms with Gasteiger partial charge in [0.25, 0.3) is 5.56 Å². The first-order valence-corrected chi connectivity index (χ1v) is 8.54. The number of H-pyrrole nitrogens is 1. The molecule has 0 unspecified atom stereocenters. The number of nitrogens with one attached hydrogen (secondary N) is 1. The van der Waals surface area contributed by atoms with Crippen molar-refractivity contribution >= 4 is 16.9 Å². The first-order valence-electron chi connectivity index (χ1n) is 8.54. The molecule has 0 radical (unpaired) electrons. The molecule has 26 heavy (non-hydrogen) atoms. The van der Waals surface area contributed by atoms with E-state index < -0.39 is 0 Å². The number of nitrogens with zero attached hydrogens (tertiary/aromatic N) is 4. The van der Waals surface area contributed by atoms with Crippen LogP contribution >= 0.6 is 0 Å². The Hall–Kier alpha value is -3.03. The van der Waals surface area contributed by atoms with E-state index in [-0.39, 0.29) is 23.8 Å². The largest absolute Gasteiger partial charge is 0.341 e. The van der Waals surface area contributed by atoms with Gasteiger partial charge >= 0.3 is 0 Å². The maximum Gasteiger partial charge on any atom is 0.261 e. The van der Waals surface area contributed by atoms with Gasteiger partial charge in [-0.25, -0.2) is 14.1 Å². The lowest BCUT2D eigenvalue weighted by Gasteiger charge is -2.32. The highest BCUT2D eigenvalue weighted by Crippen LogP contribution is 2.28.